The van der Waals surface area contributed by atoms with Gasteiger partial charge in [0.15, 0.2) is 0 Å². The highest BCUT2D eigenvalue weighted by Crippen LogP contribution is 2.47. The summed E-state index contributed by atoms with van der Waals surface area (Å²) in [6, 6.07) is 0. The van der Waals surface area contributed by atoms with Crippen molar-refractivity contribution in [1.82, 2.24) is 10.2 Å². The number of piperidine rings is 1. The van der Waals surface area contributed by atoms with Crippen LogP contribution in [0, 0.1) is 17.3 Å². The first-order chi connectivity index (χ1) is 7.69. The van der Waals surface area contributed by atoms with Crippen LogP contribution < -0.4 is 5.32 Å². The van der Waals surface area contributed by atoms with Gasteiger partial charge in [0.05, 0.1) is 0 Å². The van der Waals surface area contributed by atoms with Gasteiger partial charge in [0.25, 0.3) is 0 Å². The summed E-state index contributed by atoms with van der Waals surface area (Å²) in [7, 11) is 0. The Morgan fingerprint density at radius 2 is 1.81 bits per heavy atom. The fraction of sp³-hybridized carbons (Fsp3) is 0.923. The molecule has 0 atom stereocenters. The Morgan fingerprint density at radius 1 is 1.19 bits per heavy atom. The number of likely N-dealkylation sites (tertiary alicyclic amines) is 1. The number of carbonyl (C=O) groups is 1. The maximum Gasteiger partial charge on any atom is 0.228 e. The van der Waals surface area contributed by atoms with E-state index >= 15 is 0 Å². The van der Waals surface area contributed by atoms with Crippen molar-refractivity contribution in [2.45, 2.75) is 32.6 Å². The van der Waals surface area contributed by atoms with Gasteiger partial charge >= 0.3 is 0 Å². The molecule has 0 aromatic heterocycles. The van der Waals surface area contributed by atoms with E-state index < -0.39 is 0 Å². The Kier molecular flexibility index (Phi) is 2.46. The van der Waals surface area contributed by atoms with Crippen molar-refractivity contribution in [1.29, 1.82) is 0 Å². The molecule has 3 nitrogen and oxygen atoms in total. The highest BCUT2D eigenvalue weighted by Gasteiger charge is 2.47. The standard InChI is InChI=1S/C13H22N2O/c1-13(4-5-13)12(16)15-6-2-10(3-7-15)11-8-14-9-11/h10-11,14H,2-9H2,1H3. The van der Waals surface area contributed by atoms with Crippen molar-refractivity contribution >= 4 is 5.91 Å². The van der Waals surface area contributed by atoms with E-state index in [-0.39, 0.29) is 5.41 Å². The second kappa shape index (κ2) is 3.73. The second-order valence-electron chi connectivity index (χ2n) is 6.11. The van der Waals surface area contributed by atoms with Gasteiger partial charge in [-0.3, -0.25) is 4.79 Å². The topological polar surface area (TPSA) is 32.3 Å². The summed E-state index contributed by atoms with van der Waals surface area (Å²) < 4.78 is 0. The molecule has 1 N–H and O–H groups in total. The van der Waals surface area contributed by atoms with Gasteiger partial charge in [-0.05, 0) is 50.6 Å². The molecule has 0 aromatic rings. The SMILES string of the molecule is CC1(C(=O)N2CCC(C3CNC3)CC2)CC1. The number of nitrogens with zero attached hydrogens (tertiary/aromatic N) is 1. The molecule has 3 heteroatoms. The molecule has 1 amide bonds. The number of rotatable bonds is 2. The highest BCUT2D eigenvalue weighted by atomic mass is 16.2. The van der Waals surface area contributed by atoms with Gasteiger partial charge in [0, 0.05) is 18.5 Å². The molecule has 2 aliphatic heterocycles. The summed E-state index contributed by atoms with van der Waals surface area (Å²) in [5, 5.41) is 3.35. The van der Waals surface area contributed by atoms with Crippen LogP contribution in [0.2, 0.25) is 0 Å². The second-order valence-corrected chi connectivity index (χ2v) is 6.11. The van der Waals surface area contributed by atoms with Crippen LogP contribution in [0.25, 0.3) is 0 Å². The van der Waals surface area contributed by atoms with Gasteiger partial charge < -0.3 is 10.2 Å². The van der Waals surface area contributed by atoms with E-state index in [1.807, 2.05) is 0 Å². The Morgan fingerprint density at radius 3 is 2.25 bits per heavy atom. The van der Waals surface area contributed by atoms with Gasteiger partial charge in [-0.15, -0.1) is 0 Å². The first kappa shape index (κ1) is 10.6. The predicted molar refractivity (Wildman–Crippen MR) is 63.0 cm³/mol. The summed E-state index contributed by atoms with van der Waals surface area (Å²) in [6.07, 6.45) is 4.68. The molecule has 0 bridgehead atoms. The lowest BCUT2D eigenvalue weighted by Crippen LogP contribution is -2.50. The quantitative estimate of drug-likeness (QED) is 0.762. The first-order valence-electron chi connectivity index (χ1n) is 6.69. The smallest absolute Gasteiger partial charge is 0.228 e. The minimum Gasteiger partial charge on any atom is -0.342 e. The zero-order valence-corrected chi connectivity index (χ0v) is 10.2. The molecular formula is C13H22N2O. The number of carbonyl (C=O) groups excluding carboxylic acids is 1. The van der Waals surface area contributed by atoms with Crippen LogP contribution in [0.3, 0.4) is 0 Å². The number of hydrogen-bond acceptors (Lipinski definition) is 2. The number of amides is 1. The fourth-order valence-corrected chi connectivity index (χ4v) is 3.00. The molecule has 0 spiro atoms. The summed E-state index contributed by atoms with van der Waals surface area (Å²) in [5.41, 5.74) is 0.0326. The molecular weight excluding hydrogens is 200 g/mol. The largest absolute Gasteiger partial charge is 0.342 e. The molecule has 16 heavy (non-hydrogen) atoms. The molecule has 0 aromatic carbocycles. The average molecular weight is 222 g/mol. The Hall–Kier alpha value is -0.570. The monoisotopic (exact) mass is 222 g/mol. The van der Waals surface area contributed by atoms with E-state index in [4.69, 9.17) is 0 Å². The van der Waals surface area contributed by atoms with E-state index in [2.05, 4.69) is 17.1 Å². The lowest BCUT2D eigenvalue weighted by atomic mass is 9.80. The summed E-state index contributed by atoms with van der Waals surface area (Å²) in [6.45, 7) is 6.55. The highest BCUT2D eigenvalue weighted by molar-refractivity contribution is 5.84. The van der Waals surface area contributed by atoms with E-state index in [1.165, 1.54) is 25.9 Å². The molecule has 0 radical (unpaired) electrons. The third kappa shape index (κ3) is 1.75. The van der Waals surface area contributed by atoms with Crippen LogP contribution in [0.4, 0.5) is 0 Å². The molecule has 1 saturated carbocycles. The number of hydrogen-bond donors (Lipinski definition) is 1. The average Bonchev–Trinajstić information content (AvgIpc) is 2.96. The minimum atomic E-state index is 0.0326. The predicted octanol–water partition coefficient (Wildman–Crippen LogP) is 1.24. The molecule has 2 heterocycles. The van der Waals surface area contributed by atoms with Crippen molar-refractivity contribution < 1.29 is 4.79 Å². The summed E-state index contributed by atoms with van der Waals surface area (Å²) in [5.74, 6) is 2.20. The maximum atomic E-state index is 12.2. The minimum absolute atomic E-state index is 0.0326. The van der Waals surface area contributed by atoms with Gasteiger partial charge in [0.2, 0.25) is 5.91 Å². The van der Waals surface area contributed by atoms with Crippen molar-refractivity contribution in [2.24, 2.45) is 17.3 Å². The van der Waals surface area contributed by atoms with Crippen LogP contribution in [-0.4, -0.2) is 37.0 Å². The molecule has 3 rings (SSSR count). The molecule has 2 saturated heterocycles. The first-order valence-corrected chi connectivity index (χ1v) is 6.69. The Bertz CT molecular complexity index is 286. The van der Waals surface area contributed by atoms with Crippen LogP contribution in [0.5, 0.6) is 0 Å². The maximum absolute atomic E-state index is 12.2. The van der Waals surface area contributed by atoms with E-state index in [0.717, 1.165) is 37.8 Å². The van der Waals surface area contributed by atoms with Crippen molar-refractivity contribution in [3.8, 4) is 0 Å². The van der Waals surface area contributed by atoms with Crippen LogP contribution in [0.1, 0.15) is 32.6 Å². The van der Waals surface area contributed by atoms with E-state index in [9.17, 15) is 4.79 Å². The third-order valence-electron chi connectivity index (χ3n) is 4.82. The Balaban J connectivity index is 1.52. The van der Waals surface area contributed by atoms with E-state index in [1.54, 1.807) is 0 Å². The van der Waals surface area contributed by atoms with Gasteiger partial charge in [0.1, 0.15) is 0 Å². The molecule has 0 unspecified atom stereocenters. The van der Waals surface area contributed by atoms with Crippen molar-refractivity contribution in [3.05, 3.63) is 0 Å². The van der Waals surface area contributed by atoms with Gasteiger partial charge in [-0.1, -0.05) is 6.92 Å². The Labute approximate surface area is 97.6 Å². The van der Waals surface area contributed by atoms with Crippen LogP contribution in [0.15, 0.2) is 0 Å². The molecule has 3 fully saturated rings. The lowest BCUT2D eigenvalue weighted by Gasteiger charge is -2.41. The molecule has 3 aliphatic rings. The van der Waals surface area contributed by atoms with Crippen LogP contribution in [-0.2, 0) is 4.79 Å². The van der Waals surface area contributed by atoms with Crippen molar-refractivity contribution in [3.63, 3.8) is 0 Å². The molecule has 1 aliphatic carbocycles. The van der Waals surface area contributed by atoms with Crippen LogP contribution >= 0.6 is 0 Å². The van der Waals surface area contributed by atoms with Gasteiger partial charge in [-0.25, -0.2) is 0 Å². The molecule has 90 valence electrons. The summed E-state index contributed by atoms with van der Waals surface area (Å²) in [4.78, 5) is 14.3. The normalized spacial score (nSPS) is 29.9. The number of nitrogens with one attached hydrogen (secondary N) is 1. The van der Waals surface area contributed by atoms with Crippen molar-refractivity contribution in [2.75, 3.05) is 26.2 Å². The zero-order valence-electron chi connectivity index (χ0n) is 10.2. The fourth-order valence-electron chi connectivity index (χ4n) is 3.00. The van der Waals surface area contributed by atoms with Gasteiger partial charge in [-0.2, -0.15) is 0 Å². The third-order valence-corrected chi connectivity index (χ3v) is 4.82. The van der Waals surface area contributed by atoms with E-state index in [0.29, 0.717) is 5.91 Å². The lowest BCUT2D eigenvalue weighted by molar-refractivity contribution is -0.138. The zero-order chi connectivity index (χ0) is 11.2. The summed E-state index contributed by atoms with van der Waals surface area (Å²) >= 11 is 0.